The third kappa shape index (κ3) is 2.07. The first-order chi connectivity index (χ1) is 7.62. The lowest BCUT2D eigenvalue weighted by atomic mass is 10.0. The van der Waals surface area contributed by atoms with E-state index in [1.807, 2.05) is 18.2 Å². The summed E-state index contributed by atoms with van der Waals surface area (Å²) in [6, 6.07) is 16.0. The zero-order valence-corrected chi connectivity index (χ0v) is 9.91. The molecule has 3 heteroatoms. The summed E-state index contributed by atoms with van der Waals surface area (Å²) >= 11 is 12.2. The summed E-state index contributed by atoms with van der Waals surface area (Å²) in [7, 11) is 0. The van der Waals surface area contributed by atoms with Crippen LogP contribution in [0, 0.1) is 0 Å². The SMILES string of the molecule is OC(Cl)(c1ccccc1)c1ccccc1Cl. The van der Waals surface area contributed by atoms with E-state index in [1.54, 1.807) is 36.4 Å². The lowest BCUT2D eigenvalue weighted by Crippen LogP contribution is -2.19. The molecule has 0 aromatic heterocycles. The van der Waals surface area contributed by atoms with Crippen LogP contribution in [0.2, 0.25) is 5.02 Å². The van der Waals surface area contributed by atoms with Crippen molar-refractivity contribution in [2.45, 2.75) is 5.06 Å². The standard InChI is InChI=1S/C13H10Cl2O/c14-12-9-5-4-8-11(12)13(15,16)10-6-2-1-3-7-10/h1-9,16H. The Balaban J connectivity index is 2.51. The van der Waals surface area contributed by atoms with Crippen molar-refractivity contribution >= 4 is 23.2 Å². The van der Waals surface area contributed by atoms with E-state index in [2.05, 4.69) is 0 Å². The molecule has 16 heavy (non-hydrogen) atoms. The molecule has 0 aliphatic heterocycles. The fourth-order valence-electron chi connectivity index (χ4n) is 1.54. The van der Waals surface area contributed by atoms with Crippen molar-refractivity contribution in [2.24, 2.45) is 0 Å². The molecule has 0 bridgehead atoms. The summed E-state index contributed by atoms with van der Waals surface area (Å²) in [5.41, 5.74) is 1.09. The van der Waals surface area contributed by atoms with Crippen molar-refractivity contribution in [1.29, 1.82) is 0 Å². The average molecular weight is 253 g/mol. The van der Waals surface area contributed by atoms with E-state index >= 15 is 0 Å². The topological polar surface area (TPSA) is 20.2 Å². The lowest BCUT2D eigenvalue weighted by molar-refractivity contribution is 0.173. The third-order valence-corrected chi connectivity index (χ3v) is 3.14. The zero-order chi connectivity index (χ0) is 11.6. The van der Waals surface area contributed by atoms with Gasteiger partial charge in [-0.15, -0.1) is 0 Å². The second kappa shape index (κ2) is 4.46. The minimum atomic E-state index is -1.58. The van der Waals surface area contributed by atoms with Crippen LogP contribution in [0.15, 0.2) is 54.6 Å². The molecule has 0 spiro atoms. The van der Waals surface area contributed by atoms with Gasteiger partial charge in [-0.2, -0.15) is 0 Å². The largest absolute Gasteiger partial charge is 0.367 e. The first-order valence-corrected chi connectivity index (χ1v) is 5.60. The molecule has 0 saturated heterocycles. The van der Waals surface area contributed by atoms with Gasteiger partial charge in [0.25, 0.3) is 0 Å². The number of hydrogen-bond donors (Lipinski definition) is 1. The summed E-state index contributed by atoms with van der Waals surface area (Å²) in [6.45, 7) is 0. The van der Waals surface area contributed by atoms with Crippen molar-refractivity contribution in [2.75, 3.05) is 0 Å². The Kier molecular flexibility index (Phi) is 3.20. The predicted molar refractivity (Wildman–Crippen MR) is 66.7 cm³/mol. The highest BCUT2D eigenvalue weighted by Crippen LogP contribution is 2.37. The molecule has 0 fully saturated rings. The Labute approximate surface area is 104 Å². The molecule has 1 unspecified atom stereocenters. The summed E-state index contributed by atoms with van der Waals surface area (Å²) in [5.74, 6) is 0. The average Bonchev–Trinajstić information content (AvgIpc) is 2.30. The maximum atomic E-state index is 10.3. The van der Waals surface area contributed by atoms with Crippen LogP contribution in [0.3, 0.4) is 0 Å². The Bertz CT molecular complexity index is 480. The van der Waals surface area contributed by atoms with Gasteiger partial charge in [-0.05, 0) is 6.07 Å². The van der Waals surface area contributed by atoms with E-state index in [1.165, 1.54) is 0 Å². The van der Waals surface area contributed by atoms with E-state index in [0.717, 1.165) is 0 Å². The van der Waals surface area contributed by atoms with Gasteiger partial charge < -0.3 is 5.11 Å². The van der Waals surface area contributed by atoms with Gasteiger partial charge in [-0.3, -0.25) is 0 Å². The van der Waals surface area contributed by atoms with Gasteiger partial charge in [0.15, 0.2) is 5.06 Å². The van der Waals surface area contributed by atoms with Gasteiger partial charge in [-0.1, -0.05) is 71.7 Å². The van der Waals surface area contributed by atoms with Gasteiger partial charge in [0, 0.05) is 16.1 Å². The lowest BCUT2D eigenvalue weighted by Gasteiger charge is -2.22. The van der Waals surface area contributed by atoms with Gasteiger partial charge in [-0.25, -0.2) is 0 Å². The van der Waals surface area contributed by atoms with Gasteiger partial charge in [0.1, 0.15) is 0 Å². The Morgan fingerprint density at radius 1 is 0.875 bits per heavy atom. The quantitative estimate of drug-likeness (QED) is 0.807. The number of rotatable bonds is 2. The minimum Gasteiger partial charge on any atom is -0.367 e. The molecule has 1 N–H and O–H groups in total. The predicted octanol–water partition coefficient (Wildman–Crippen LogP) is 3.77. The highest BCUT2D eigenvalue weighted by molar-refractivity contribution is 6.33. The van der Waals surface area contributed by atoms with Crippen LogP contribution < -0.4 is 0 Å². The van der Waals surface area contributed by atoms with Crippen molar-refractivity contribution in [3.63, 3.8) is 0 Å². The normalized spacial score (nSPS) is 14.4. The number of aliphatic hydroxyl groups is 1. The van der Waals surface area contributed by atoms with E-state index in [0.29, 0.717) is 16.1 Å². The maximum Gasteiger partial charge on any atom is 0.192 e. The molecule has 1 atom stereocenters. The number of hydrogen-bond acceptors (Lipinski definition) is 1. The molecule has 0 amide bonds. The first-order valence-electron chi connectivity index (χ1n) is 4.84. The molecule has 0 saturated carbocycles. The van der Waals surface area contributed by atoms with Crippen LogP contribution in [0.4, 0.5) is 0 Å². The van der Waals surface area contributed by atoms with Gasteiger partial charge >= 0.3 is 0 Å². The van der Waals surface area contributed by atoms with Crippen LogP contribution in [-0.2, 0) is 5.06 Å². The molecular formula is C13H10Cl2O. The molecule has 0 aliphatic rings. The molecular weight excluding hydrogens is 243 g/mol. The second-order valence-corrected chi connectivity index (χ2v) is 4.42. The van der Waals surface area contributed by atoms with Gasteiger partial charge in [0.2, 0.25) is 0 Å². The fourth-order valence-corrected chi connectivity index (χ4v) is 2.16. The van der Waals surface area contributed by atoms with Crippen molar-refractivity contribution in [3.8, 4) is 0 Å². The molecule has 2 aromatic rings. The second-order valence-electron chi connectivity index (χ2n) is 3.47. The number of halogens is 2. The van der Waals surface area contributed by atoms with Crippen LogP contribution in [0.1, 0.15) is 11.1 Å². The molecule has 2 rings (SSSR count). The number of alkyl halides is 1. The van der Waals surface area contributed by atoms with Crippen molar-refractivity contribution < 1.29 is 5.11 Å². The van der Waals surface area contributed by atoms with Crippen LogP contribution in [0.25, 0.3) is 0 Å². The molecule has 2 aromatic carbocycles. The van der Waals surface area contributed by atoms with E-state index in [9.17, 15) is 5.11 Å². The monoisotopic (exact) mass is 252 g/mol. The molecule has 1 nitrogen and oxygen atoms in total. The minimum absolute atomic E-state index is 0.448. The first kappa shape index (κ1) is 11.5. The highest BCUT2D eigenvalue weighted by Gasteiger charge is 2.30. The third-order valence-electron chi connectivity index (χ3n) is 2.39. The summed E-state index contributed by atoms with van der Waals surface area (Å²) < 4.78 is 0. The smallest absolute Gasteiger partial charge is 0.192 e. The van der Waals surface area contributed by atoms with Crippen LogP contribution in [0.5, 0.6) is 0 Å². The van der Waals surface area contributed by atoms with E-state index in [-0.39, 0.29) is 0 Å². The summed E-state index contributed by atoms with van der Waals surface area (Å²) in [6.07, 6.45) is 0. The molecule has 0 heterocycles. The molecule has 0 radical (unpaired) electrons. The summed E-state index contributed by atoms with van der Waals surface area (Å²) in [4.78, 5) is 0. The zero-order valence-electron chi connectivity index (χ0n) is 8.40. The van der Waals surface area contributed by atoms with E-state index < -0.39 is 5.06 Å². The van der Waals surface area contributed by atoms with Gasteiger partial charge in [0.05, 0.1) is 0 Å². The van der Waals surface area contributed by atoms with Crippen LogP contribution in [-0.4, -0.2) is 5.11 Å². The Morgan fingerprint density at radius 3 is 2.06 bits per heavy atom. The maximum absolute atomic E-state index is 10.3. The molecule has 0 aliphatic carbocycles. The van der Waals surface area contributed by atoms with Crippen LogP contribution >= 0.6 is 23.2 Å². The van der Waals surface area contributed by atoms with Crippen molar-refractivity contribution in [1.82, 2.24) is 0 Å². The highest BCUT2D eigenvalue weighted by atomic mass is 35.5. The Hall–Kier alpha value is -1.02. The van der Waals surface area contributed by atoms with E-state index in [4.69, 9.17) is 23.2 Å². The summed E-state index contributed by atoms with van der Waals surface area (Å²) in [5, 5.41) is 9.18. The Morgan fingerprint density at radius 2 is 1.44 bits per heavy atom. The molecule has 82 valence electrons. The van der Waals surface area contributed by atoms with Crippen molar-refractivity contribution in [3.05, 3.63) is 70.7 Å². The number of benzene rings is 2. The fraction of sp³-hybridized carbons (Fsp3) is 0.0769.